The lowest BCUT2D eigenvalue weighted by Gasteiger charge is -2.31. The van der Waals surface area contributed by atoms with Gasteiger partial charge in [-0.05, 0) is 119 Å². The van der Waals surface area contributed by atoms with Gasteiger partial charge in [-0.2, -0.15) is 8.42 Å². The molecule has 234 valence electrons. The number of hydrogen-bond donors (Lipinski definition) is 2. The molecule has 1 atom stereocenters. The summed E-state index contributed by atoms with van der Waals surface area (Å²) in [6, 6.07) is 2.13. The average molecular weight is 983 g/mol. The van der Waals surface area contributed by atoms with Crippen LogP contribution < -0.4 is 4.90 Å². The summed E-state index contributed by atoms with van der Waals surface area (Å²) in [5.74, 6) is -1.22. The highest BCUT2D eigenvalue weighted by Crippen LogP contribution is 2.54. The normalized spacial score (nSPS) is 21.0. The first-order valence-electron chi connectivity index (χ1n) is 13.6. The zero-order valence-electron chi connectivity index (χ0n) is 23.7. The number of thiocarbonyl (C=S) groups is 1. The minimum atomic E-state index is -4.10. The molecule has 1 fully saturated rings. The second-order valence-electron chi connectivity index (χ2n) is 10.2. The molecule has 1 amide bonds. The molecule has 1 unspecified atom stereocenters. The lowest BCUT2D eigenvalue weighted by Crippen LogP contribution is -2.30. The van der Waals surface area contributed by atoms with Crippen molar-refractivity contribution < 1.29 is 27.7 Å². The van der Waals surface area contributed by atoms with E-state index >= 15 is 0 Å². The lowest BCUT2D eigenvalue weighted by molar-refractivity contribution is -0.137. The van der Waals surface area contributed by atoms with Crippen LogP contribution >= 0.6 is 91.8 Å². The summed E-state index contributed by atoms with van der Waals surface area (Å²) in [7, 11) is -4.10. The van der Waals surface area contributed by atoms with Crippen LogP contribution in [0.1, 0.15) is 57.9 Å². The number of thioether (sulfide) groups is 1. The Morgan fingerprint density at radius 1 is 1.05 bits per heavy atom. The number of fused-ring (bicyclic) bond motifs is 1. The van der Waals surface area contributed by atoms with Crippen molar-refractivity contribution in [2.75, 3.05) is 23.7 Å². The minimum Gasteiger partial charge on any atom is -0.481 e. The summed E-state index contributed by atoms with van der Waals surface area (Å²) in [5, 5.41) is 9.06. The van der Waals surface area contributed by atoms with E-state index in [0.717, 1.165) is 41.4 Å². The van der Waals surface area contributed by atoms with Gasteiger partial charge in [-0.15, -0.1) is 0 Å². The molecule has 1 aromatic rings. The van der Waals surface area contributed by atoms with Gasteiger partial charge < -0.3 is 10.0 Å². The number of allylic oxidation sites excluding steroid dienone is 7. The predicted octanol–water partition coefficient (Wildman–Crippen LogP) is 7.65. The molecule has 0 aliphatic carbocycles. The summed E-state index contributed by atoms with van der Waals surface area (Å²) in [6.45, 7) is 5.03. The molecule has 2 aliphatic heterocycles. The Balaban J connectivity index is 1.96. The second-order valence-corrected chi connectivity index (χ2v) is 16.8. The van der Waals surface area contributed by atoms with Crippen LogP contribution in [-0.2, 0) is 25.1 Å². The zero-order valence-corrected chi connectivity index (χ0v) is 32.6. The first-order valence-corrected chi connectivity index (χ1v) is 19.7. The SMILES string of the molecule is CCN1C(=O)C(=CC=CC=CC=C2N(CCCS(=O)(=O)O)c3cc(I)c(I)c(I)c3C2(C)CCCCCC(=O)O)SC1=S. The maximum absolute atomic E-state index is 12.4. The Bertz CT molecular complexity index is 1510. The third-order valence-electron chi connectivity index (χ3n) is 7.22. The molecule has 1 aromatic carbocycles. The number of hydrogen-bond acceptors (Lipinski definition) is 7. The first-order chi connectivity index (χ1) is 20.2. The topological polar surface area (TPSA) is 115 Å². The summed E-state index contributed by atoms with van der Waals surface area (Å²) in [5.41, 5.74) is 2.81. The number of amides is 1. The van der Waals surface area contributed by atoms with Gasteiger partial charge in [0.1, 0.15) is 4.32 Å². The van der Waals surface area contributed by atoms with Crippen molar-refractivity contribution in [3.05, 3.63) is 69.4 Å². The number of rotatable bonds is 14. The van der Waals surface area contributed by atoms with Crippen LogP contribution in [0.4, 0.5) is 5.69 Å². The van der Waals surface area contributed by atoms with Crippen LogP contribution in [0, 0.1) is 10.7 Å². The third kappa shape index (κ3) is 9.49. The van der Waals surface area contributed by atoms with Gasteiger partial charge in [0.25, 0.3) is 16.0 Å². The Morgan fingerprint density at radius 3 is 2.33 bits per heavy atom. The van der Waals surface area contributed by atoms with Gasteiger partial charge in [-0.3, -0.25) is 19.0 Å². The van der Waals surface area contributed by atoms with Crippen LogP contribution in [0.25, 0.3) is 0 Å². The van der Waals surface area contributed by atoms with E-state index in [9.17, 15) is 22.6 Å². The van der Waals surface area contributed by atoms with Crippen molar-refractivity contribution in [1.29, 1.82) is 0 Å². The van der Waals surface area contributed by atoms with Crippen molar-refractivity contribution in [1.82, 2.24) is 4.90 Å². The van der Waals surface area contributed by atoms with E-state index in [0.29, 0.717) is 28.7 Å². The molecule has 0 bridgehead atoms. The van der Waals surface area contributed by atoms with Gasteiger partial charge in [-0.25, -0.2) is 0 Å². The fourth-order valence-corrected chi connectivity index (χ4v) is 9.68. The number of likely N-dealkylation sites (N-methyl/N-ethyl adjacent to an activating group) is 1. The predicted molar refractivity (Wildman–Crippen MR) is 203 cm³/mol. The minimum absolute atomic E-state index is 0.0875. The van der Waals surface area contributed by atoms with E-state index in [1.807, 2.05) is 31.2 Å². The van der Waals surface area contributed by atoms with Gasteiger partial charge >= 0.3 is 5.97 Å². The molecule has 0 aromatic heterocycles. The van der Waals surface area contributed by atoms with Crippen LogP contribution in [-0.4, -0.2) is 58.0 Å². The summed E-state index contributed by atoms with van der Waals surface area (Å²) in [6.07, 6.45) is 14.7. The fourth-order valence-electron chi connectivity index (χ4n) is 5.19. The highest BCUT2D eigenvalue weighted by molar-refractivity contribution is 14.1. The van der Waals surface area contributed by atoms with Crippen LogP contribution in [0.5, 0.6) is 0 Å². The highest BCUT2D eigenvalue weighted by Gasteiger charge is 2.45. The van der Waals surface area contributed by atoms with Gasteiger partial charge in [0.2, 0.25) is 0 Å². The molecule has 8 nitrogen and oxygen atoms in total. The standard InChI is InChI=1S/C29H33I3N2O6S3/c1-3-33-27(37)21(42-28(33)41)12-7-4-5-8-13-22-29(2,15-10-6-9-14-23(35)36)24-20(18-19(30)25(31)26(24)32)34(22)16-11-17-43(38,39)40/h4-5,7-8,12-13,18H,3,6,9-11,14-17H2,1-2H3,(H,35,36)(H,38,39,40). The van der Waals surface area contributed by atoms with Crippen molar-refractivity contribution in [3.8, 4) is 0 Å². The number of carboxylic acids is 1. The zero-order chi connectivity index (χ0) is 31.9. The molecular formula is C29H33I3N2O6S3. The van der Waals surface area contributed by atoms with Gasteiger partial charge in [0.15, 0.2) is 0 Å². The van der Waals surface area contributed by atoms with E-state index in [4.69, 9.17) is 17.3 Å². The van der Waals surface area contributed by atoms with Crippen molar-refractivity contribution >= 4 is 124 Å². The summed E-state index contributed by atoms with van der Waals surface area (Å²) in [4.78, 5) is 27.8. The number of unbranched alkanes of at least 4 members (excludes halogenated alkanes) is 2. The molecule has 0 radical (unpaired) electrons. The maximum Gasteiger partial charge on any atom is 0.303 e. The quantitative estimate of drug-likeness (QED) is 0.0369. The number of aliphatic carboxylic acids is 1. The fraction of sp³-hybridized carbons (Fsp3) is 0.414. The van der Waals surface area contributed by atoms with Crippen LogP contribution in [0.15, 0.2) is 53.1 Å². The number of benzene rings is 1. The summed E-state index contributed by atoms with van der Waals surface area (Å²) < 4.78 is 36.4. The molecule has 2 N–H and O–H groups in total. The van der Waals surface area contributed by atoms with Crippen LogP contribution in [0.3, 0.4) is 0 Å². The number of halogens is 3. The number of carboxylic acid groups (broad SMARTS) is 1. The van der Waals surface area contributed by atoms with E-state index < -0.39 is 21.5 Å². The van der Waals surface area contributed by atoms with Crippen molar-refractivity contribution in [2.24, 2.45) is 0 Å². The average Bonchev–Trinajstić information content (AvgIpc) is 3.32. The van der Waals surface area contributed by atoms with E-state index in [1.165, 1.54) is 17.3 Å². The molecule has 0 spiro atoms. The highest BCUT2D eigenvalue weighted by atomic mass is 127. The van der Waals surface area contributed by atoms with Crippen LogP contribution in [0.2, 0.25) is 0 Å². The Labute approximate surface area is 304 Å². The van der Waals surface area contributed by atoms with E-state index in [2.05, 4.69) is 85.7 Å². The van der Waals surface area contributed by atoms with E-state index in [1.54, 1.807) is 17.1 Å². The lowest BCUT2D eigenvalue weighted by atomic mass is 9.77. The monoisotopic (exact) mass is 982 g/mol. The molecule has 14 heteroatoms. The molecular weight excluding hydrogens is 949 g/mol. The summed E-state index contributed by atoms with van der Waals surface area (Å²) >= 11 is 13.6. The van der Waals surface area contributed by atoms with Gasteiger partial charge in [0, 0.05) is 52.6 Å². The van der Waals surface area contributed by atoms with Gasteiger partial charge in [0.05, 0.1) is 10.7 Å². The second kappa shape index (κ2) is 16.3. The molecule has 0 saturated carbocycles. The molecule has 3 rings (SSSR count). The smallest absolute Gasteiger partial charge is 0.303 e. The molecule has 43 heavy (non-hydrogen) atoms. The number of carbonyl (C=O) groups is 2. The van der Waals surface area contributed by atoms with Crippen molar-refractivity contribution in [3.63, 3.8) is 0 Å². The third-order valence-corrected chi connectivity index (χ3v) is 14.5. The maximum atomic E-state index is 12.4. The molecule has 1 saturated heterocycles. The Kier molecular flexibility index (Phi) is 14.0. The Hall–Kier alpha value is -0.540. The van der Waals surface area contributed by atoms with Crippen molar-refractivity contribution in [2.45, 2.75) is 57.8 Å². The Morgan fingerprint density at radius 2 is 1.72 bits per heavy atom. The van der Waals surface area contributed by atoms with Gasteiger partial charge in [-0.1, -0.05) is 61.1 Å². The first kappa shape index (κ1) is 36.9. The number of anilines is 1. The molecule has 2 aliphatic rings. The largest absolute Gasteiger partial charge is 0.481 e. The van der Waals surface area contributed by atoms with E-state index in [-0.39, 0.29) is 24.5 Å². The number of nitrogens with zero attached hydrogens (tertiary/aromatic N) is 2. The molecule has 2 heterocycles. The number of carbonyl (C=O) groups excluding carboxylic acids is 1.